The highest BCUT2D eigenvalue weighted by atomic mass is 14.9. The quantitative estimate of drug-likeness (QED) is 0.672. The molecule has 3 atom stereocenters. The monoisotopic (exact) mass is 261 g/mol. The van der Waals surface area contributed by atoms with E-state index in [4.69, 9.17) is 0 Å². The molecule has 0 radical (unpaired) electrons. The summed E-state index contributed by atoms with van der Waals surface area (Å²) in [5, 5.41) is 3.80. The van der Waals surface area contributed by atoms with Gasteiger partial charge in [0.05, 0.1) is 0 Å². The van der Waals surface area contributed by atoms with E-state index < -0.39 is 0 Å². The van der Waals surface area contributed by atoms with Crippen LogP contribution in [0.5, 0.6) is 0 Å². The number of hydrogen-bond acceptors (Lipinski definition) is 1. The number of benzene rings is 1. The van der Waals surface area contributed by atoms with Crippen molar-refractivity contribution >= 4 is 0 Å². The maximum Gasteiger partial charge on any atom is 0.00694 e. The summed E-state index contributed by atoms with van der Waals surface area (Å²) >= 11 is 0. The predicted octanol–water partition coefficient (Wildman–Crippen LogP) is 4.81. The van der Waals surface area contributed by atoms with E-state index in [1.165, 1.54) is 37.7 Å². The molecule has 0 bridgehead atoms. The summed E-state index contributed by atoms with van der Waals surface area (Å²) in [6.07, 6.45) is 6.23. The van der Waals surface area contributed by atoms with Crippen LogP contribution in [0, 0.1) is 5.92 Å². The Hall–Kier alpha value is -0.820. The van der Waals surface area contributed by atoms with E-state index >= 15 is 0 Å². The fourth-order valence-electron chi connectivity index (χ4n) is 2.52. The number of rotatable bonds is 9. The Morgan fingerprint density at radius 2 is 1.68 bits per heavy atom. The van der Waals surface area contributed by atoms with Gasteiger partial charge in [0, 0.05) is 12.1 Å². The Kier molecular flexibility index (Phi) is 7.81. The van der Waals surface area contributed by atoms with Gasteiger partial charge in [0.15, 0.2) is 0 Å². The first-order valence-electron chi connectivity index (χ1n) is 7.95. The van der Waals surface area contributed by atoms with Crippen LogP contribution < -0.4 is 5.32 Å². The molecule has 108 valence electrons. The van der Waals surface area contributed by atoms with Gasteiger partial charge in [0.1, 0.15) is 0 Å². The second-order valence-corrected chi connectivity index (χ2v) is 5.95. The summed E-state index contributed by atoms with van der Waals surface area (Å²) in [7, 11) is 0. The lowest BCUT2D eigenvalue weighted by molar-refractivity contribution is 0.348. The van der Waals surface area contributed by atoms with Crippen molar-refractivity contribution < 1.29 is 0 Å². The van der Waals surface area contributed by atoms with Gasteiger partial charge < -0.3 is 5.32 Å². The molecule has 0 amide bonds. The Morgan fingerprint density at radius 1 is 1.00 bits per heavy atom. The first-order chi connectivity index (χ1) is 9.15. The van der Waals surface area contributed by atoms with Gasteiger partial charge in [-0.25, -0.2) is 0 Å². The zero-order valence-electron chi connectivity index (χ0n) is 13.2. The number of hydrogen-bond donors (Lipinski definition) is 1. The molecule has 0 spiro atoms. The molecule has 1 rings (SSSR count). The Balaban J connectivity index is 2.30. The molecule has 0 saturated carbocycles. The summed E-state index contributed by atoms with van der Waals surface area (Å²) in [6, 6.07) is 12.1. The molecule has 0 aromatic heterocycles. The molecule has 3 unspecified atom stereocenters. The first-order valence-corrected chi connectivity index (χ1v) is 7.95. The van der Waals surface area contributed by atoms with E-state index in [2.05, 4.69) is 63.3 Å². The third-order valence-electron chi connectivity index (χ3n) is 4.11. The van der Waals surface area contributed by atoms with Crippen molar-refractivity contribution in [2.75, 3.05) is 0 Å². The van der Waals surface area contributed by atoms with Crippen LogP contribution >= 0.6 is 0 Å². The van der Waals surface area contributed by atoms with E-state index in [0.29, 0.717) is 12.1 Å². The molecule has 1 N–H and O–H groups in total. The molecule has 0 aliphatic carbocycles. The fourth-order valence-corrected chi connectivity index (χ4v) is 2.52. The minimum absolute atomic E-state index is 0.606. The minimum atomic E-state index is 0.606. The Bertz CT molecular complexity index is 320. The van der Waals surface area contributed by atoms with Gasteiger partial charge in [0.2, 0.25) is 0 Å². The molecule has 1 heteroatoms. The fraction of sp³-hybridized carbons (Fsp3) is 0.667. The highest BCUT2D eigenvalue weighted by Gasteiger charge is 2.13. The van der Waals surface area contributed by atoms with E-state index in [1.807, 2.05) is 0 Å². The van der Waals surface area contributed by atoms with Crippen molar-refractivity contribution in [1.82, 2.24) is 5.32 Å². The van der Waals surface area contributed by atoms with Crippen LogP contribution in [0.3, 0.4) is 0 Å². The van der Waals surface area contributed by atoms with Gasteiger partial charge >= 0.3 is 0 Å². The van der Waals surface area contributed by atoms with Crippen LogP contribution in [0.15, 0.2) is 30.3 Å². The maximum absolute atomic E-state index is 3.80. The van der Waals surface area contributed by atoms with E-state index in [0.717, 1.165) is 5.92 Å². The van der Waals surface area contributed by atoms with Crippen molar-refractivity contribution in [2.45, 2.75) is 71.9 Å². The van der Waals surface area contributed by atoms with Crippen molar-refractivity contribution in [1.29, 1.82) is 0 Å². The zero-order valence-corrected chi connectivity index (χ0v) is 13.2. The second-order valence-electron chi connectivity index (χ2n) is 5.95. The maximum atomic E-state index is 3.80. The standard InChI is InChI=1S/C18H31N/c1-5-15(3)14-18(6-2)19-16(4)12-13-17-10-8-7-9-11-17/h7-11,15-16,18-19H,5-6,12-14H2,1-4H3. The predicted molar refractivity (Wildman–Crippen MR) is 85.5 cm³/mol. The smallest absolute Gasteiger partial charge is 0.00694 e. The molecule has 1 aromatic rings. The SMILES string of the molecule is CCC(C)CC(CC)NC(C)CCc1ccccc1. The first kappa shape index (κ1) is 16.2. The topological polar surface area (TPSA) is 12.0 Å². The molecule has 0 saturated heterocycles. The molecule has 0 fully saturated rings. The highest BCUT2D eigenvalue weighted by molar-refractivity contribution is 5.14. The van der Waals surface area contributed by atoms with Gasteiger partial charge in [0.25, 0.3) is 0 Å². The molecule has 1 nitrogen and oxygen atoms in total. The summed E-state index contributed by atoms with van der Waals surface area (Å²) in [5.74, 6) is 0.832. The largest absolute Gasteiger partial charge is 0.311 e. The number of aryl methyl sites for hydroxylation is 1. The van der Waals surface area contributed by atoms with Gasteiger partial charge in [-0.3, -0.25) is 0 Å². The lowest BCUT2D eigenvalue weighted by Crippen LogP contribution is -2.37. The molecule has 19 heavy (non-hydrogen) atoms. The average molecular weight is 261 g/mol. The third-order valence-corrected chi connectivity index (χ3v) is 4.11. The van der Waals surface area contributed by atoms with Gasteiger partial charge in [-0.15, -0.1) is 0 Å². The minimum Gasteiger partial charge on any atom is -0.311 e. The lowest BCUT2D eigenvalue weighted by Gasteiger charge is -2.24. The molecular weight excluding hydrogens is 230 g/mol. The van der Waals surface area contributed by atoms with Crippen molar-refractivity contribution in [3.8, 4) is 0 Å². The van der Waals surface area contributed by atoms with Crippen LogP contribution in [0.25, 0.3) is 0 Å². The zero-order chi connectivity index (χ0) is 14.1. The van der Waals surface area contributed by atoms with Crippen LogP contribution in [-0.4, -0.2) is 12.1 Å². The second kappa shape index (κ2) is 9.14. The normalized spacial score (nSPS) is 16.0. The van der Waals surface area contributed by atoms with E-state index in [-0.39, 0.29) is 0 Å². The van der Waals surface area contributed by atoms with Crippen LogP contribution in [0.1, 0.15) is 58.9 Å². The molecule has 0 aliphatic rings. The summed E-state index contributed by atoms with van der Waals surface area (Å²) in [6.45, 7) is 9.27. The van der Waals surface area contributed by atoms with Crippen molar-refractivity contribution in [2.24, 2.45) is 5.92 Å². The van der Waals surface area contributed by atoms with Crippen molar-refractivity contribution in [3.63, 3.8) is 0 Å². The van der Waals surface area contributed by atoms with Gasteiger partial charge in [-0.2, -0.15) is 0 Å². The Labute approximate surface area is 119 Å². The van der Waals surface area contributed by atoms with E-state index in [9.17, 15) is 0 Å². The van der Waals surface area contributed by atoms with Crippen LogP contribution in [0.4, 0.5) is 0 Å². The molecule has 0 aliphatic heterocycles. The third kappa shape index (κ3) is 6.77. The van der Waals surface area contributed by atoms with Gasteiger partial charge in [-0.05, 0) is 44.1 Å². The molecular formula is C18H31N. The number of nitrogens with one attached hydrogen (secondary N) is 1. The lowest BCUT2D eigenvalue weighted by atomic mass is 9.96. The summed E-state index contributed by atoms with van der Waals surface area (Å²) in [5.41, 5.74) is 1.45. The summed E-state index contributed by atoms with van der Waals surface area (Å²) in [4.78, 5) is 0. The van der Waals surface area contributed by atoms with E-state index in [1.54, 1.807) is 0 Å². The molecule has 0 heterocycles. The average Bonchev–Trinajstić information content (AvgIpc) is 2.45. The molecule has 1 aromatic carbocycles. The van der Waals surface area contributed by atoms with Crippen molar-refractivity contribution in [3.05, 3.63) is 35.9 Å². The van der Waals surface area contributed by atoms with Crippen LogP contribution in [0.2, 0.25) is 0 Å². The summed E-state index contributed by atoms with van der Waals surface area (Å²) < 4.78 is 0. The van der Waals surface area contributed by atoms with Gasteiger partial charge in [-0.1, -0.05) is 57.5 Å². The van der Waals surface area contributed by atoms with Crippen LogP contribution in [-0.2, 0) is 6.42 Å². The Morgan fingerprint density at radius 3 is 2.26 bits per heavy atom. The highest BCUT2D eigenvalue weighted by Crippen LogP contribution is 2.13.